The summed E-state index contributed by atoms with van der Waals surface area (Å²) >= 11 is 11.4. The first-order valence-electron chi connectivity index (χ1n) is 3.21. The molecule has 0 N–H and O–H groups in total. The Bertz CT molecular complexity index is 303. The fourth-order valence-corrected chi connectivity index (χ4v) is 1.09. The molecule has 1 aromatic heterocycles. The average molecular weight is 204 g/mol. The van der Waals surface area contributed by atoms with Gasteiger partial charge in [0, 0.05) is 0 Å². The van der Waals surface area contributed by atoms with Crippen molar-refractivity contribution in [3.05, 3.63) is 21.9 Å². The Labute approximate surface area is 79.7 Å². The largest absolute Gasteiger partial charge is 0.290 e. The van der Waals surface area contributed by atoms with Gasteiger partial charge in [-0.25, -0.2) is 0 Å². The molecule has 3 nitrogen and oxygen atoms in total. The van der Waals surface area contributed by atoms with Crippen LogP contribution < -0.4 is 0 Å². The van der Waals surface area contributed by atoms with Crippen LogP contribution in [-0.2, 0) is 4.79 Å². The molecule has 1 aromatic rings. The second-order valence-electron chi connectivity index (χ2n) is 2.23. The van der Waals surface area contributed by atoms with Crippen LogP contribution in [0.15, 0.2) is 6.20 Å². The van der Waals surface area contributed by atoms with Gasteiger partial charge in [0.1, 0.15) is 0 Å². The summed E-state index contributed by atoms with van der Waals surface area (Å²) in [4.78, 5) is 10.3. The summed E-state index contributed by atoms with van der Waals surface area (Å²) < 4.78 is 0. The molecule has 0 saturated heterocycles. The summed E-state index contributed by atoms with van der Waals surface area (Å²) in [5.41, 5.74) is 0.360. The quantitative estimate of drug-likeness (QED) is 0.739. The Balaban J connectivity index is 3.15. The van der Waals surface area contributed by atoms with Gasteiger partial charge in [0.05, 0.1) is 27.9 Å². The number of carbonyl (C=O) groups excluding carboxylic acids is 1. The molecule has 0 aliphatic rings. The van der Waals surface area contributed by atoms with E-state index in [9.17, 15) is 4.79 Å². The molecule has 1 heterocycles. The summed E-state index contributed by atoms with van der Waals surface area (Å²) in [7, 11) is 0. The van der Waals surface area contributed by atoms with Crippen molar-refractivity contribution in [3.63, 3.8) is 0 Å². The molecular weight excluding hydrogens is 199 g/mol. The van der Waals surface area contributed by atoms with Crippen LogP contribution in [-0.4, -0.2) is 16.5 Å². The van der Waals surface area contributed by atoms with Crippen LogP contribution in [0.25, 0.3) is 0 Å². The monoisotopic (exact) mass is 203 g/mol. The Morgan fingerprint density at radius 1 is 1.58 bits per heavy atom. The van der Waals surface area contributed by atoms with E-state index in [1.807, 2.05) is 0 Å². The molecule has 0 aliphatic carbocycles. The molecule has 0 spiro atoms. The third-order valence-electron chi connectivity index (χ3n) is 1.36. The van der Waals surface area contributed by atoms with E-state index in [1.165, 1.54) is 6.20 Å². The van der Waals surface area contributed by atoms with Crippen LogP contribution in [0.2, 0.25) is 10.0 Å². The molecule has 1 radical (unpaired) electrons. The van der Waals surface area contributed by atoms with Gasteiger partial charge >= 0.3 is 0 Å². The molecule has 12 heavy (non-hydrogen) atoms. The zero-order valence-corrected chi connectivity index (χ0v) is 7.73. The highest BCUT2D eigenvalue weighted by Gasteiger charge is 2.13. The lowest BCUT2D eigenvalue weighted by molar-refractivity contribution is 0.544. The first-order chi connectivity index (χ1) is 5.66. The Kier molecular flexibility index (Phi) is 3.00. The van der Waals surface area contributed by atoms with Crippen molar-refractivity contribution < 1.29 is 4.79 Å². The van der Waals surface area contributed by atoms with E-state index in [0.29, 0.717) is 10.7 Å². The fourth-order valence-electron chi connectivity index (χ4n) is 0.697. The number of rotatable bonds is 2. The van der Waals surface area contributed by atoms with Crippen LogP contribution in [0.5, 0.6) is 0 Å². The minimum Gasteiger partial charge on any atom is -0.290 e. The Morgan fingerprint density at radius 2 is 2.25 bits per heavy atom. The average Bonchev–Trinajstić information content (AvgIpc) is 2.08. The fraction of sp³-hybridized carbons (Fsp3) is 0.286. The number of hydrogen-bond donors (Lipinski definition) is 0. The van der Waals surface area contributed by atoms with E-state index < -0.39 is 5.92 Å². The van der Waals surface area contributed by atoms with Gasteiger partial charge in [-0.05, 0) is 6.92 Å². The lowest BCUT2D eigenvalue weighted by Crippen LogP contribution is -2.00. The van der Waals surface area contributed by atoms with Gasteiger partial charge in [-0.3, -0.25) is 4.79 Å². The van der Waals surface area contributed by atoms with Crippen molar-refractivity contribution in [2.45, 2.75) is 12.8 Å². The molecule has 1 atom stereocenters. The maximum Gasteiger partial charge on any atom is 0.207 e. The summed E-state index contributed by atoms with van der Waals surface area (Å²) in [6.07, 6.45) is 3.08. The lowest BCUT2D eigenvalue weighted by atomic mass is 10.1. The van der Waals surface area contributed by atoms with Crippen molar-refractivity contribution in [3.8, 4) is 0 Å². The second kappa shape index (κ2) is 3.83. The van der Waals surface area contributed by atoms with Gasteiger partial charge in [0.2, 0.25) is 6.29 Å². The summed E-state index contributed by atoms with van der Waals surface area (Å²) in [6, 6.07) is 0. The van der Waals surface area contributed by atoms with E-state index in [2.05, 4.69) is 10.2 Å². The molecule has 1 unspecified atom stereocenters. The zero-order chi connectivity index (χ0) is 9.14. The van der Waals surface area contributed by atoms with Gasteiger partial charge < -0.3 is 0 Å². The first kappa shape index (κ1) is 9.42. The van der Waals surface area contributed by atoms with Crippen LogP contribution in [0.1, 0.15) is 18.5 Å². The van der Waals surface area contributed by atoms with Crippen molar-refractivity contribution in [1.29, 1.82) is 0 Å². The maximum absolute atomic E-state index is 10.3. The molecule has 0 amide bonds. The van der Waals surface area contributed by atoms with E-state index in [-0.39, 0.29) is 5.02 Å². The SMILES string of the molecule is CC([C]=O)c1nncc(Cl)c1Cl. The number of halogens is 2. The Morgan fingerprint density at radius 3 is 2.83 bits per heavy atom. The highest BCUT2D eigenvalue weighted by atomic mass is 35.5. The predicted molar refractivity (Wildman–Crippen MR) is 46.2 cm³/mol. The zero-order valence-electron chi connectivity index (χ0n) is 6.21. The summed E-state index contributed by atoms with van der Waals surface area (Å²) in [5, 5.41) is 7.81. The molecule has 0 fully saturated rings. The van der Waals surface area contributed by atoms with Crippen LogP contribution in [0.4, 0.5) is 0 Å². The standard InChI is InChI=1S/C7H5Cl2N2O/c1-4(3-12)7-6(9)5(8)2-10-11-7/h2,4H,1H3. The second-order valence-corrected chi connectivity index (χ2v) is 3.02. The lowest BCUT2D eigenvalue weighted by Gasteiger charge is -2.03. The normalized spacial score (nSPS) is 12.6. The molecule has 63 valence electrons. The first-order valence-corrected chi connectivity index (χ1v) is 3.96. The van der Waals surface area contributed by atoms with E-state index in [0.717, 1.165) is 0 Å². The molecule has 0 aromatic carbocycles. The van der Waals surface area contributed by atoms with E-state index in [4.69, 9.17) is 23.2 Å². The smallest absolute Gasteiger partial charge is 0.207 e. The predicted octanol–water partition coefficient (Wildman–Crippen LogP) is 2.00. The van der Waals surface area contributed by atoms with Crippen molar-refractivity contribution in [1.82, 2.24) is 10.2 Å². The van der Waals surface area contributed by atoms with Crippen LogP contribution in [0.3, 0.4) is 0 Å². The third-order valence-corrected chi connectivity index (χ3v) is 2.14. The van der Waals surface area contributed by atoms with Crippen molar-refractivity contribution >= 4 is 29.5 Å². The van der Waals surface area contributed by atoms with Crippen molar-refractivity contribution in [2.24, 2.45) is 0 Å². The minimum atomic E-state index is -0.497. The highest BCUT2D eigenvalue weighted by molar-refractivity contribution is 6.42. The molecule has 5 heteroatoms. The van der Waals surface area contributed by atoms with Crippen molar-refractivity contribution in [2.75, 3.05) is 0 Å². The minimum absolute atomic E-state index is 0.266. The topological polar surface area (TPSA) is 42.9 Å². The number of nitrogens with zero attached hydrogens (tertiary/aromatic N) is 2. The van der Waals surface area contributed by atoms with Crippen LogP contribution in [0, 0.1) is 0 Å². The van der Waals surface area contributed by atoms with Gasteiger partial charge in [-0.15, -0.1) is 0 Å². The molecule has 0 bridgehead atoms. The molecule has 0 aliphatic heterocycles. The number of hydrogen-bond acceptors (Lipinski definition) is 3. The summed E-state index contributed by atoms with van der Waals surface area (Å²) in [6.45, 7) is 1.62. The van der Waals surface area contributed by atoms with Crippen LogP contribution >= 0.6 is 23.2 Å². The van der Waals surface area contributed by atoms with Gasteiger partial charge in [-0.1, -0.05) is 23.2 Å². The molecular formula is C7H5Cl2N2O. The maximum atomic E-state index is 10.3. The highest BCUT2D eigenvalue weighted by Crippen LogP contribution is 2.26. The van der Waals surface area contributed by atoms with Gasteiger partial charge in [0.15, 0.2) is 0 Å². The summed E-state index contributed by atoms with van der Waals surface area (Å²) in [5.74, 6) is -0.497. The molecule has 1 rings (SSSR count). The van der Waals surface area contributed by atoms with Gasteiger partial charge in [-0.2, -0.15) is 10.2 Å². The molecule has 0 saturated carbocycles. The van der Waals surface area contributed by atoms with E-state index in [1.54, 1.807) is 13.2 Å². The third kappa shape index (κ3) is 1.73. The number of aromatic nitrogens is 2. The van der Waals surface area contributed by atoms with E-state index >= 15 is 0 Å². The van der Waals surface area contributed by atoms with Gasteiger partial charge in [0.25, 0.3) is 0 Å². The Hall–Kier alpha value is -0.670.